The molecule has 0 aliphatic heterocycles. The van der Waals surface area contributed by atoms with Gasteiger partial charge in [0.1, 0.15) is 5.15 Å². The molecule has 2 heterocycles. The van der Waals surface area contributed by atoms with Crippen molar-refractivity contribution in [3.63, 3.8) is 0 Å². The molecule has 0 saturated heterocycles. The van der Waals surface area contributed by atoms with Crippen molar-refractivity contribution in [1.29, 1.82) is 0 Å². The Morgan fingerprint density at radius 1 is 1.21 bits per heavy atom. The van der Waals surface area contributed by atoms with Gasteiger partial charge in [0, 0.05) is 12.4 Å². The molecule has 0 unspecified atom stereocenters. The molecule has 0 saturated carbocycles. The summed E-state index contributed by atoms with van der Waals surface area (Å²) in [6.07, 6.45) is 5.02. The van der Waals surface area contributed by atoms with Crippen LogP contribution in [0.3, 0.4) is 0 Å². The molecule has 2 aromatic heterocycles. The first-order chi connectivity index (χ1) is 6.72. The van der Waals surface area contributed by atoms with Crippen molar-refractivity contribution in [2.75, 3.05) is 6.26 Å². The second kappa shape index (κ2) is 3.88. The van der Waals surface area contributed by atoms with Gasteiger partial charge in [0.15, 0.2) is 5.16 Å². The summed E-state index contributed by atoms with van der Waals surface area (Å²) in [5.41, 5.74) is 0.644. The third-order valence-corrected chi connectivity index (χ3v) is 2.83. The van der Waals surface area contributed by atoms with E-state index in [1.165, 1.54) is 18.0 Å². The Bertz CT molecular complexity index is 489. The summed E-state index contributed by atoms with van der Waals surface area (Å²) in [4.78, 5) is 12.3. The Morgan fingerprint density at radius 2 is 2.00 bits per heavy atom. The van der Waals surface area contributed by atoms with E-state index in [0.29, 0.717) is 26.2 Å². The Morgan fingerprint density at radius 3 is 2.71 bits per heavy atom. The van der Waals surface area contributed by atoms with Gasteiger partial charge < -0.3 is 0 Å². The van der Waals surface area contributed by atoms with Gasteiger partial charge >= 0.3 is 0 Å². The molecular weight excluding hydrogens is 241 g/mol. The second-order valence-electron chi connectivity index (χ2n) is 2.52. The minimum atomic E-state index is 0.372. The first kappa shape index (κ1) is 9.96. The van der Waals surface area contributed by atoms with Crippen molar-refractivity contribution in [1.82, 2.24) is 15.0 Å². The SMILES string of the molecule is CSc1ncc2c(Cl)ncc(Cl)c2n1. The van der Waals surface area contributed by atoms with Gasteiger partial charge in [0.25, 0.3) is 0 Å². The second-order valence-corrected chi connectivity index (χ2v) is 4.05. The Labute approximate surface area is 94.9 Å². The Kier molecular flexibility index (Phi) is 2.76. The molecule has 0 atom stereocenters. The molecule has 0 fully saturated rings. The monoisotopic (exact) mass is 245 g/mol. The topological polar surface area (TPSA) is 38.7 Å². The van der Waals surface area contributed by atoms with Crippen molar-refractivity contribution >= 4 is 45.9 Å². The normalized spacial score (nSPS) is 10.8. The average molecular weight is 246 g/mol. The fourth-order valence-electron chi connectivity index (χ4n) is 1.04. The molecule has 0 aliphatic rings. The molecule has 14 heavy (non-hydrogen) atoms. The van der Waals surface area contributed by atoms with Crippen LogP contribution in [0.2, 0.25) is 10.2 Å². The minimum Gasteiger partial charge on any atom is -0.242 e. The van der Waals surface area contributed by atoms with Crippen LogP contribution in [0.5, 0.6) is 0 Å². The van der Waals surface area contributed by atoms with E-state index < -0.39 is 0 Å². The van der Waals surface area contributed by atoms with Crippen molar-refractivity contribution in [3.05, 3.63) is 22.6 Å². The van der Waals surface area contributed by atoms with Gasteiger partial charge in [-0.05, 0) is 6.26 Å². The van der Waals surface area contributed by atoms with Crippen LogP contribution in [0, 0.1) is 0 Å². The molecule has 3 nitrogen and oxygen atoms in total. The summed E-state index contributed by atoms with van der Waals surface area (Å²) in [6.45, 7) is 0. The molecule has 0 spiro atoms. The first-order valence-electron chi connectivity index (χ1n) is 3.73. The highest BCUT2D eigenvalue weighted by Crippen LogP contribution is 2.26. The predicted molar refractivity (Wildman–Crippen MR) is 59.1 cm³/mol. The van der Waals surface area contributed by atoms with Gasteiger partial charge in [-0.3, -0.25) is 0 Å². The minimum absolute atomic E-state index is 0.372. The van der Waals surface area contributed by atoms with Crippen LogP contribution in [-0.2, 0) is 0 Å². The molecule has 0 N–H and O–H groups in total. The van der Waals surface area contributed by atoms with Gasteiger partial charge in [-0.2, -0.15) is 0 Å². The molecule has 2 rings (SSSR count). The highest BCUT2D eigenvalue weighted by atomic mass is 35.5. The zero-order valence-electron chi connectivity index (χ0n) is 7.16. The van der Waals surface area contributed by atoms with Crippen LogP contribution < -0.4 is 0 Å². The zero-order valence-corrected chi connectivity index (χ0v) is 9.49. The van der Waals surface area contributed by atoms with Crippen molar-refractivity contribution < 1.29 is 0 Å². The molecule has 0 aliphatic carbocycles. The highest BCUT2D eigenvalue weighted by Gasteiger charge is 2.07. The van der Waals surface area contributed by atoms with Crippen LogP contribution in [-0.4, -0.2) is 21.2 Å². The maximum absolute atomic E-state index is 5.94. The Hall–Kier alpha value is -0.580. The molecule has 0 bridgehead atoms. The third kappa shape index (κ3) is 1.65. The maximum atomic E-state index is 5.94. The number of nitrogens with zero attached hydrogens (tertiary/aromatic N) is 3. The summed E-state index contributed by atoms with van der Waals surface area (Å²) in [5, 5.41) is 2.21. The first-order valence-corrected chi connectivity index (χ1v) is 5.71. The molecule has 0 radical (unpaired) electrons. The van der Waals surface area contributed by atoms with E-state index in [4.69, 9.17) is 23.2 Å². The number of halogens is 2. The van der Waals surface area contributed by atoms with E-state index in [1.54, 1.807) is 6.20 Å². The summed E-state index contributed by atoms with van der Waals surface area (Å²) >= 11 is 13.3. The van der Waals surface area contributed by atoms with Gasteiger partial charge in [-0.25, -0.2) is 15.0 Å². The quantitative estimate of drug-likeness (QED) is 0.440. The molecular formula is C8H5Cl2N3S. The summed E-state index contributed by atoms with van der Waals surface area (Å²) in [5.74, 6) is 0. The van der Waals surface area contributed by atoms with E-state index in [2.05, 4.69) is 15.0 Å². The van der Waals surface area contributed by atoms with Crippen LogP contribution in [0.25, 0.3) is 10.9 Å². The number of thioether (sulfide) groups is 1. The van der Waals surface area contributed by atoms with Crippen molar-refractivity contribution in [3.8, 4) is 0 Å². The van der Waals surface area contributed by atoms with E-state index in [-0.39, 0.29) is 0 Å². The van der Waals surface area contributed by atoms with Crippen molar-refractivity contribution in [2.45, 2.75) is 5.16 Å². The standard InChI is InChI=1S/C8H5Cl2N3S/c1-14-8-12-2-4-6(13-8)5(9)3-11-7(4)10/h2-3H,1H3. The lowest BCUT2D eigenvalue weighted by Crippen LogP contribution is -1.89. The van der Waals surface area contributed by atoms with Gasteiger partial charge in [-0.15, -0.1) is 0 Å². The van der Waals surface area contributed by atoms with Gasteiger partial charge in [0.2, 0.25) is 0 Å². The predicted octanol–water partition coefficient (Wildman–Crippen LogP) is 3.05. The molecule has 6 heteroatoms. The number of hydrogen-bond donors (Lipinski definition) is 0. The lowest BCUT2D eigenvalue weighted by Gasteiger charge is -2.01. The van der Waals surface area contributed by atoms with E-state index in [9.17, 15) is 0 Å². The lowest BCUT2D eigenvalue weighted by molar-refractivity contribution is 1.00. The summed E-state index contributed by atoms with van der Waals surface area (Å²) in [6, 6.07) is 0. The number of aromatic nitrogens is 3. The van der Waals surface area contributed by atoms with E-state index >= 15 is 0 Å². The smallest absolute Gasteiger partial charge is 0.187 e. The average Bonchev–Trinajstić information content (AvgIpc) is 2.23. The van der Waals surface area contributed by atoms with Crippen LogP contribution >= 0.6 is 35.0 Å². The number of rotatable bonds is 1. The fraction of sp³-hybridized carbons (Fsp3) is 0.125. The molecule has 0 aromatic carbocycles. The third-order valence-electron chi connectivity index (χ3n) is 1.69. The fourth-order valence-corrected chi connectivity index (χ4v) is 1.76. The summed E-state index contributed by atoms with van der Waals surface area (Å²) in [7, 11) is 0. The lowest BCUT2D eigenvalue weighted by atomic mass is 10.3. The largest absolute Gasteiger partial charge is 0.242 e. The van der Waals surface area contributed by atoms with Crippen LogP contribution in [0.1, 0.15) is 0 Å². The zero-order chi connectivity index (χ0) is 10.1. The maximum Gasteiger partial charge on any atom is 0.187 e. The highest BCUT2D eigenvalue weighted by molar-refractivity contribution is 7.98. The number of fused-ring (bicyclic) bond motifs is 1. The van der Waals surface area contributed by atoms with E-state index in [1.807, 2.05) is 6.26 Å². The van der Waals surface area contributed by atoms with Crippen LogP contribution in [0.15, 0.2) is 17.6 Å². The van der Waals surface area contributed by atoms with Crippen LogP contribution in [0.4, 0.5) is 0 Å². The number of pyridine rings is 1. The molecule has 72 valence electrons. The molecule has 2 aromatic rings. The summed E-state index contributed by atoms with van der Waals surface area (Å²) < 4.78 is 0. The van der Waals surface area contributed by atoms with Gasteiger partial charge in [-0.1, -0.05) is 35.0 Å². The van der Waals surface area contributed by atoms with E-state index in [0.717, 1.165) is 0 Å². The van der Waals surface area contributed by atoms with Gasteiger partial charge in [0.05, 0.1) is 15.9 Å². The molecule has 0 amide bonds. The Balaban J connectivity index is 2.80. The van der Waals surface area contributed by atoms with Crippen molar-refractivity contribution in [2.24, 2.45) is 0 Å². The number of hydrogen-bond acceptors (Lipinski definition) is 4.